The Morgan fingerprint density at radius 3 is 2.69 bits per heavy atom. The molecular formula is C19H24N4O2S. The first kappa shape index (κ1) is 18.5. The summed E-state index contributed by atoms with van der Waals surface area (Å²) < 4.78 is 0. The molecule has 7 heteroatoms. The normalized spacial score (nSPS) is 14.0. The number of rotatable bonds is 4. The summed E-state index contributed by atoms with van der Waals surface area (Å²) in [5.74, 6) is -0.222. The molecule has 0 saturated heterocycles. The van der Waals surface area contributed by atoms with E-state index in [1.807, 2.05) is 39.0 Å². The second-order valence-corrected chi connectivity index (χ2v) is 8.47. The summed E-state index contributed by atoms with van der Waals surface area (Å²) >= 11 is 1.37. The lowest BCUT2D eigenvalue weighted by Gasteiger charge is -2.29. The number of carbonyl (C=O) groups excluding carboxylic acids is 2. The van der Waals surface area contributed by atoms with Crippen molar-refractivity contribution in [3.8, 4) is 0 Å². The zero-order valence-electron chi connectivity index (χ0n) is 15.4. The van der Waals surface area contributed by atoms with Gasteiger partial charge in [0.1, 0.15) is 5.01 Å². The molecule has 2 heterocycles. The highest BCUT2D eigenvalue weighted by molar-refractivity contribution is 7.15. The van der Waals surface area contributed by atoms with E-state index in [0.717, 1.165) is 23.5 Å². The maximum atomic E-state index is 12.6. The van der Waals surface area contributed by atoms with Gasteiger partial charge in [-0.3, -0.25) is 9.59 Å². The van der Waals surface area contributed by atoms with Gasteiger partial charge in [-0.25, -0.2) is 0 Å². The molecule has 1 N–H and O–H groups in total. The van der Waals surface area contributed by atoms with E-state index in [9.17, 15) is 9.59 Å². The molecule has 2 amide bonds. The molecule has 2 aromatic rings. The molecule has 0 radical (unpaired) electrons. The van der Waals surface area contributed by atoms with E-state index in [1.165, 1.54) is 16.9 Å². The first-order chi connectivity index (χ1) is 12.3. The summed E-state index contributed by atoms with van der Waals surface area (Å²) in [6, 6.07) is 7.97. The lowest BCUT2D eigenvalue weighted by Crippen LogP contribution is -2.35. The standard InChI is InChI=1S/C19H24N4O2S/c1-19(2,3)17-21-22-18(26-17)20-15(24)10-11-16(25)23-12-6-8-13-7-4-5-9-14(13)23/h4-5,7,9H,6,8,10-12H2,1-3H3,(H,20,22,24). The Morgan fingerprint density at radius 2 is 1.96 bits per heavy atom. The number of nitrogens with one attached hydrogen (secondary N) is 1. The van der Waals surface area contributed by atoms with Gasteiger partial charge in [0.05, 0.1) is 0 Å². The van der Waals surface area contributed by atoms with Crippen LogP contribution in [0.15, 0.2) is 24.3 Å². The van der Waals surface area contributed by atoms with Crippen LogP contribution in [0.5, 0.6) is 0 Å². The third kappa shape index (κ3) is 4.27. The van der Waals surface area contributed by atoms with Crippen molar-refractivity contribution in [1.82, 2.24) is 10.2 Å². The minimum absolute atomic E-state index is 0.0139. The third-order valence-corrected chi connectivity index (χ3v) is 5.55. The van der Waals surface area contributed by atoms with E-state index in [0.29, 0.717) is 11.7 Å². The molecule has 0 spiro atoms. The zero-order valence-corrected chi connectivity index (χ0v) is 16.2. The maximum absolute atomic E-state index is 12.6. The summed E-state index contributed by atoms with van der Waals surface area (Å²) in [6.45, 7) is 6.86. The number of fused-ring (bicyclic) bond motifs is 1. The molecule has 1 aromatic heterocycles. The molecule has 3 rings (SSSR count). The third-order valence-electron chi connectivity index (χ3n) is 4.29. The molecule has 1 aliphatic heterocycles. The summed E-state index contributed by atoms with van der Waals surface area (Å²) in [5.41, 5.74) is 2.07. The molecule has 0 atom stereocenters. The lowest BCUT2D eigenvalue weighted by molar-refractivity contribution is -0.122. The van der Waals surface area contributed by atoms with Crippen LogP contribution in [0, 0.1) is 0 Å². The van der Waals surface area contributed by atoms with Gasteiger partial charge in [-0.05, 0) is 24.5 Å². The topological polar surface area (TPSA) is 75.2 Å². The van der Waals surface area contributed by atoms with Gasteiger partial charge in [0.25, 0.3) is 0 Å². The number of aromatic nitrogens is 2. The summed E-state index contributed by atoms with van der Waals surface area (Å²) in [5, 5.41) is 12.2. The van der Waals surface area contributed by atoms with Gasteiger partial charge in [-0.1, -0.05) is 50.3 Å². The number of nitrogens with zero attached hydrogens (tertiary/aromatic N) is 3. The molecule has 0 unspecified atom stereocenters. The second-order valence-electron chi connectivity index (χ2n) is 7.49. The van der Waals surface area contributed by atoms with Gasteiger partial charge >= 0.3 is 0 Å². The van der Waals surface area contributed by atoms with Gasteiger partial charge in [-0.15, -0.1) is 10.2 Å². The van der Waals surface area contributed by atoms with Crippen molar-refractivity contribution < 1.29 is 9.59 Å². The van der Waals surface area contributed by atoms with Crippen LogP contribution in [0.2, 0.25) is 0 Å². The maximum Gasteiger partial charge on any atom is 0.227 e. The first-order valence-electron chi connectivity index (χ1n) is 8.87. The van der Waals surface area contributed by atoms with Gasteiger partial charge < -0.3 is 10.2 Å². The van der Waals surface area contributed by atoms with Crippen LogP contribution in [0.1, 0.15) is 50.6 Å². The number of benzene rings is 1. The lowest BCUT2D eigenvalue weighted by atomic mass is 9.98. The van der Waals surface area contributed by atoms with E-state index in [-0.39, 0.29) is 30.1 Å². The Balaban J connectivity index is 1.55. The predicted molar refractivity (Wildman–Crippen MR) is 104 cm³/mol. The van der Waals surface area contributed by atoms with Gasteiger partial charge in [0.2, 0.25) is 16.9 Å². The average Bonchev–Trinajstić information content (AvgIpc) is 3.08. The van der Waals surface area contributed by atoms with Crippen molar-refractivity contribution in [3.05, 3.63) is 34.8 Å². The van der Waals surface area contributed by atoms with E-state index < -0.39 is 0 Å². The SMILES string of the molecule is CC(C)(C)c1nnc(NC(=O)CCC(=O)N2CCCc3ccccc32)s1. The molecule has 26 heavy (non-hydrogen) atoms. The summed E-state index contributed by atoms with van der Waals surface area (Å²) in [7, 11) is 0. The molecule has 0 fully saturated rings. The smallest absolute Gasteiger partial charge is 0.227 e. The number of hydrogen-bond acceptors (Lipinski definition) is 5. The number of carbonyl (C=O) groups is 2. The minimum atomic E-state index is -0.208. The van der Waals surface area contributed by atoms with Crippen molar-refractivity contribution in [3.63, 3.8) is 0 Å². The summed E-state index contributed by atoms with van der Waals surface area (Å²) in [4.78, 5) is 26.5. The number of aryl methyl sites for hydroxylation is 1. The molecule has 138 valence electrons. The van der Waals surface area contributed by atoms with E-state index in [4.69, 9.17) is 0 Å². The van der Waals surface area contributed by atoms with Crippen LogP contribution < -0.4 is 10.2 Å². The Kier molecular flexibility index (Phi) is 5.36. The van der Waals surface area contributed by atoms with E-state index >= 15 is 0 Å². The number of para-hydroxylation sites is 1. The average molecular weight is 372 g/mol. The van der Waals surface area contributed by atoms with Crippen LogP contribution in [-0.2, 0) is 21.4 Å². The number of hydrogen-bond donors (Lipinski definition) is 1. The molecular weight excluding hydrogens is 348 g/mol. The molecule has 1 aromatic carbocycles. The van der Waals surface area contributed by atoms with E-state index in [2.05, 4.69) is 21.6 Å². The Hall–Kier alpha value is -2.28. The largest absolute Gasteiger partial charge is 0.312 e. The van der Waals surface area contributed by atoms with Crippen molar-refractivity contribution in [2.45, 2.75) is 51.9 Å². The van der Waals surface area contributed by atoms with Crippen molar-refractivity contribution >= 4 is 34.0 Å². The molecule has 1 aliphatic rings. The highest BCUT2D eigenvalue weighted by atomic mass is 32.1. The van der Waals surface area contributed by atoms with Gasteiger partial charge in [-0.2, -0.15) is 0 Å². The fourth-order valence-electron chi connectivity index (χ4n) is 2.91. The van der Waals surface area contributed by atoms with Crippen LogP contribution in [0.25, 0.3) is 0 Å². The van der Waals surface area contributed by atoms with E-state index in [1.54, 1.807) is 4.90 Å². The molecule has 0 aliphatic carbocycles. The monoisotopic (exact) mass is 372 g/mol. The van der Waals surface area contributed by atoms with Gasteiger partial charge in [0.15, 0.2) is 0 Å². The van der Waals surface area contributed by atoms with Gasteiger partial charge in [0, 0.05) is 30.5 Å². The summed E-state index contributed by atoms with van der Waals surface area (Å²) in [6.07, 6.45) is 2.27. The van der Waals surface area contributed by atoms with Crippen LogP contribution in [0.4, 0.5) is 10.8 Å². The highest BCUT2D eigenvalue weighted by Crippen LogP contribution is 2.29. The number of amides is 2. The molecule has 6 nitrogen and oxygen atoms in total. The Morgan fingerprint density at radius 1 is 1.19 bits per heavy atom. The number of anilines is 2. The van der Waals surface area contributed by atoms with Crippen molar-refractivity contribution in [1.29, 1.82) is 0 Å². The predicted octanol–water partition coefficient (Wildman–Crippen LogP) is 3.53. The van der Waals surface area contributed by atoms with Crippen LogP contribution in [-0.4, -0.2) is 28.6 Å². The molecule has 0 bridgehead atoms. The highest BCUT2D eigenvalue weighted by Gasteiger charge is 2.23. The Labute approximate surface area is 157 Å². The quantitative estimate of drug-likeness (QED) is 0.891. The fraction of sp³-hybridized carbons (Fsp3) is 0.474. The van der Waals surface area contributed by atoms with Crippen molar-refractivity contribution in [2.75, 3.05) is 16.8 Å². The van der Waals surface area contributed by atoms with Crippen molar-refractivity contribution in [2.24, 2.45) is 0 Å². The van der Waals surface area contributed by atoms with Crippen LogP contribution in [0.3, 0.4) is 0 Å². The second kappa shape index (κ2) is 7.53. The van der Waals surface area contributed by atoms with Crippen LogP contribution >= 0.6 is 11.3 Å². The fourth-order valence-corrected chi connectivity index (χ4v) is 3.72. The Bertz CT molecular complexity index is 810. The minimum Gasteiger partial charge on any atom is -0.312 e. The first-order valence-corrected chi connectivity index (χ1v) is 9.68. The molecule has 0 saturated carbocycles. The zero-order chi connectivity index (χ0) is 18.7.